The fourth-order valence-electron chi connectivity index (χ4n) is 2.67. The Morgan fingerprint density at radius 1 is 1.12 bits per heavy atom. The van der Waals surface area contributed by atoms with Gasteiger partial charge in [-0.15, -0.1) is 11.3 Å². The van der Waals surface area contributed by atoms with Gasteiger partial charge in [0, 0.05) is 4.70 Å². The van der Waals surface area contributed by atoms with Gasteiger partial charge in [-0.2, -0.15) is 0 Å². The second-order valence-electron chi connectivity index (χ2n) is 5.88. The van der Waals surface area contributed by atoms with E-state index in [-0.39, 0.29) is 6.61 Å². The zero-order valence-corrected chi connectivity index (χ0v) is 15.6. The molecule has 1 N–H and O–H groups in total. The van der Waals surface area contributed by atoms with Gasteiger partial charge in [0.15, 0.2) is 6.61 Å². The van der Waals surface area contributed by atoms with Crippen molar-refractivity contribution in [1.82, 2.24) is 0 Å². The van der Waals surface area contributed by atoms with E-state index in [4.69, 9.17) is 9.47 Å². The van der Waals surface area contributed by atoms with E-state index in [2.05, 4.69) is 5.32 Å². The third-order valence-electron chi connectivity index (χ3n) is 3.99. The van der Waals surface area contributed by atoms with Gasteiger partial charge in [0.25, 0.3) is 5.91 Å². The molecule has 3 rings (SSSR count). The SMILES string of the molecule is COc1ccc(C)cc1NC(=O)COC(=O)c1sc2ccccc2c1C. The second-order valence-corrected chi connectivity index (χ2v) is 6.93. The summed E-state index contributed by atoms with van der Waals surface area (Å²) in [5.41, 5.74) is 2.40. The molecule has 0 unspecified atom stereocenters. The van der Waals surface area contributed by atoms with Gasteiger partial charge < -0.3 is 14.8 Å². The number of esters is 1. The first kappa shape index (κ1) is 17.9. The monoisotopic (exact) mass is 369 g/mol. The molecule has 0 aliphatic carbocycles. The number of amides is 1. The highest BCUT2D eigenvalue weighted by Crippen LogP contribution is 2.31. The largest absolute Gasteiger partial charge is 0.495 e. The smallest absolute Gasteiger partial charge is 0.349 e. The van der Waals surface area contributed by atoms with Gasteiger partial charge in [0.1, 0.15) is 10.6 Å². The van der Waals surface area contributed by atoms with Crippen LogP contribution < -0.4 is 10.1 Å². The molecule has 5 nitrogen and oxygen atoms in total. The molecule has 0 saturated heterocycles. The third kappa shape index (κ3) is 3.70. The standard InChI is InChI=1S/C20H19NO4S/c1-12-8-9-16(24-3)15(10-12)21-18(22)11-25-20(23)19-13(2)14-6-4-5-7-17(14)26-19/h4-10H,11H2,1-3H3,(H,21,22). The van der Waals surface area contributed by atoms with Gasteiger partial charge in [0.05, 0.1) is 12.8 Å². The number of nitrogens with one attached hydrogen (secondary N) is 1. The van der Waals surface area contributed by atoms with Gasteiger partial charge in [-0.1, -0.05) is 24.3 Å². The number of methoxy groups -OCH3 is 1. The third-order valence-corrected chi connectivity index (χ3v) is 5.25. The van der Waals surface area contributed by atoms with Crippen molar-refractivity contribution in [3.63, 3.8) is 0 Å². The van der Waals surface area contributed by atoms with Crippen LogP contribution in [0.1, 0.15) is 20.8 Å². The highest BCUT2D eigenvalue weighted by molar-refractivity contribution is 7.21. The maximum absolute atomic E-state index is 12.4. The average Bonchev–Trinajstić information content (AvgIpc) is 2.97. The molecular weight excluding hydrogens is 350 g/mol. The van der Waals surface area contributed by atoms with Crippen molar-refractivity contribution >= 4 is 39.0 Å². The molecule has 2 aromatic carbocycles. The quantitative estimate of drug-likeness (QED) is 0.680. The van der Waals surface area contributed by atoms with Crippen LogP contribution in [0.15, 0.2) is 42.5 Å². The number of thiophene rings is 1. The molecular formula is C20H19NO4S. The summed E-state index contributed by atoms with van der Waals surface area (Å²) >= 11 is 1.37. The Hall–Kier alpha value is -2.86. The summed E-state index contributed by atoms with van der Waals surface area (Å²) in [6.07, 6.45) is 0. The lowest BCUT2D eigenvalue weighted by Crippen LogP contribution is -2.21. The van der Waals surface area contributed by atoms with E-state index in [1.807, 2.05) is 44.2 Å². The van der Waals surface area contributed by atoms with Crippen molar-refractivity contribution in [2.24, 2.45) is 0 Å². The van der Waals surface area contributed by atoms with E-state index in [1.54, 1.807) is 12.1 Å². The van der Waals surface area contributed by atoms with Gasteiger partial charge in [0.2, 0.25) is 0 Å². The first-order valence-electron chi connectivity index (χ1n) is 8.09. The number of ether oxygens (including phenoxy) is 2. The van der Waals surface area contributed by atoms with Gasteiger partial charge in [-0.3, -0.25) is 4.79 Å². The van der Waals surface area contributed by atoms with Crippen LogP contribution in [0.3, 0.4) is 0 Å². The average molecular weight is 369 g/mol. The van der Waals surface area contributed by atoms with Crippen molar-refractivity contribution in [3.05, 3.63) is 58.5 Å². The Kier molecular flexibility index (Phi) is 5.23. The minimum absolute atomic E-state index is 0.358. The van der Waals surface area contributed by atoms with E-state index in [0.29, 0.717) is 16.3 Å². The fourth-order valence-corrected chi connectivity index (χ4v) is 3.77. The topological polar surface area (TPSA) is 64.6 Å². The number of anilines is 1. The number of carbonyl (C=O) groups is 2. The molecule has 1 amide bonds. The molecule has 0 atom stereocenters. The first-order chi connectivity index (χ1) is 12.5. The number of aryl methyl sites for hydroxylation is 2. The van der Waals surface area contributed by atoms with Gasteiger partial charge in [-0.05, 0) is 48.6 Å². The van der Waals surface area contributed by atoms with Crippen LogP contribution in [-0.4, -0.2) is 25.6 Å². The number of fused-ring (bicyclic) bond motifs is 1. The maximum atomic E-state index is 12.4. The summed E-state index contributed by atoms with van der Waals surface area (Å²) in [7, 11) is 1.53. The van der Waals surface area contributed by atoms with Crippen LogP contribution in [0.25, 0.3) is 10.1 Å². The van der Waals surface area contributed by atoms with Gasteiger partial charge >= 0.3 is 5.97 Å². The minimum atomic E-state index is -0.491. The summed E-state index contributed by atoms with van der Waals surface area (Å²) in [6, 6.07) is 13.2. The van der Waals surface area contributed by atoms with E-state index < -0.39 is 11.9 Å². The van der Waals surface area contributed by atoms with Crippen LogP contribution in [-0.2, 0) is 9.53 Å². The molecule has 134 valence electrons. The minimum Gasteiger partial charge on any atom is -0.495 e. The summed E-state index contributed by atoms with van der Waals surface area (Å²) in [4.78, 5) is 25.0. The molecule has 6 heteroatoms. The van der Waals surface area contributed by atoms with Crippen LogP contribution in [0.4, 0.5) is 5.69 Å². The predicted molar refractivity (Wildman–Crippen MR) is 103 cm³/mol. The van der Waals surface area contributed by atoms with E-state index >= 15 is 0 Å². The molecule has 1 heterocycles. The Labute approximate surface area is 155 Å². The molecule has 26 heavy (non-hydrogen) atoms. The molecule has 0 fully saturated rings. The van der Waals surface area contributed by atoms with E-state index in [1.165, 1.54) is 18.4 Å². The Balaban J connectivity index is 1.66. The number of hydrogen-bond acceptors (Lipinski definition) is 5. The number of hydrogen-bond donors (Lipinski definition) is 1. The molecule has 3 aromatic rings. The van der Waals surface area contributed by atoms with Crippen molar-refractivity contribution in [2.45, 2.75) is 13.8 Å². The molecule has 0 aliphatic rings. The summed E-state index contributed by atoms with van der Waals surface area (Å²) < 4.78 is 11.4. The fraction of sp³-hybridized carbons (Fsp3) is 0.200. The Morgan fingerprint density at radius 3 is 2.62 bits per heavy atom. The van der Waals surface area contributed by atoms with Crippen molar-refractivity contribution in [3.8, 4) is 5.75 Å². The normalized spacial score (nSPS) is 10.6. The van der Waals surface area contributed by atoms with Crippen LogP contribution in [0, 0.1) is 13.8 Å². The predicted octanol–water partition coefficient (Wildman–Crippen LogP) is 4.32. The number of carbonyl (C=O) groups excluding carboxylic acids is 2. The van der Waals surface area contributed by atoms with Crippen molar-refractivity contribution in [1.29, 1.82) is 0 Å². The van der Waals surface area contributed by atoms with Crippen molar-refractivity contribution in [2.75, 3.05) is 19.0 Å². The van der Waals surface area contributed by atoms with E-state index in [0.717, 1.165) is 21.2 Å². The summed E-state index contributed by atoms with van der Waals surface area (Å²) in [5, 5.41) is 3.74. The van der Waals surface area contributed by atoms with Gasteiger partial charge in [-0.25, -0.2) is 4.79 Å². The maximum Gasteiger partial charge on any atom is 0.349 e. The summed E-state index contributed by atoms with van der Waals surface area (Å²) in [6.45, 7) is 3.44. The molecule has 0 aliphatic heterocycles. The second kappa shape index (κ2) is 7.58. The lowest BCUT2D eigenvalue weighted by atomic mass is 10.1. The lowest BCUT2D eigenvalue weighted by molar-refractivity contribution is -0.119. The highest BCUT2D eigenvalue weighted by atomic mass is 32.1. The first-order valence-corrected chi connectivity index (χ1v) is 8.91. The molecule has 0 bridgehead atoms. The van der Waals surface area contributed by atoms with E-state index in [9.17, 15) is 9.59 Å². The zero-order valence-electron chi connectivity index (χ0n) is 14.8. The van der Waals surface area contributed by atoms with Crippen molar-refractivity contribution < 1.29 is 19.1 Å². The lowest BCUT2D eigenvalue weighted by Gasteiger charge is -2.11. The summed E-state index contributed by atoms with van der Waals surface area (Å²) in [5.74, 6) is -0.355. The van der Waals surface area contributed by atoms with Crippen LogP contribution in [0.2, 0.25) is 0 Å². The zero-order chi connectivity index (χ0) is 18.7. The number of rotatable bonds is 5. The number of benzene rings is 2. The molecule has 0 spiro atoms. The van der Waals surface area contributed by atoms with Crippen LogP contribution in [0.5, 0.6) is 5.75 Å². The van der Waals surface area contributed by atoms with Crippen LogP contribution >= 0.6 is 11.3 Å². The molecule has 0 saturated carbocycles. The highest BCUT2D eigenvalue weighted by Gasteiger charge is 2.18. The Bertz CT molecular complexity index is 977. The molecule has 1 aromatic heterocycles. The molecule has 0 radical (unpaired) electrons. The Morgan fingerprint density at radius 2 is 1.88 bits per heavy atom.